The van der Waals surface area contributed by atoms with Gasteiger partial charge in [-0.05, 0) is 66.4 Å². The van der Waals surface area contributed by atoms with Crippen LogP contribution in [0.2, 0.25) is 5.02 Å². The number of aromatic nitrogens is 3. The summed E-state index contributed by atoms with van der Waals surface area (Å²) < 4.78 is 19.5. The molecule has 5 rings (SSSR count). The van der Waals surface area contributed by atoms with E-state index in [9.17, 15) is 4.39 Å². The van der Waals surface area contributed by atoms with Gasteiger partial charge < -0.3 is 15.0 Å². The summed E-state index contributed by atoms with van der Waals surface area (Å²) in [7, 11) is 0. The predicted molar refractivity (Wildman–Crippen MR) is 149 cm³/mol. The highest BCUT2D eigenvalue weighted by molar-refractivity contribution is 6.30. The zero-order chi connectivity index (χ0) is 26.3. The second-order valence-corrected chi connectivity index (χ2v) is 9.38. The summed E-state index contributed by atoms with van der Waals surface area (Å²) in [5, 5.41) is 8.25. The molecule has 0 saturated carbocycles. The molecule has 1 saturated heterocycles. The first kappa shape index (κ1) is 25.6. The van der Waals surface area contributed by atoms with Crippen LogP contribution in [0, 0.1) is 12.7 Å². The molecule has 194 valence electrons. The van der Waals surface area contributed by atoms with Gasteiger partial charge >= 0.3 is 0 Å². The highest BCUT2D eigenvalue weighted by atomic mass is 35.5. The van der Waals surface area contributed by atoms with Gasteiger partial charge in [0, 0.05) is 23.8 Å². The van der Waals surface area contributed by atoms with Crippen LogP contribution in [-0.4, -0.2) is 47.5 Å². The van der Waals surface area contributed by atoms with Crippen LogP contribution in [0.15, 0.2) is 72.1 Å². The second-order valence-electron chi connectivity index (χ2n) is 8.94. The highest BCUT2D eigenvalue weighted by Crippen LogP contribution is 2.21. The van der Waals surface area contributed by atoms with E-state index < -0.39 is 5.82 Å². The van der Waals surface area contributed by atoms with E-state index in [2.05, 4.69) is 49.0 Å². The molecule has 2 N–H and O–H groups in total. The van der Waals surface area contributed by atoms with Crippen molar-refractivity contribution in [1.29, 1.82) is 0 Å². The van der Waals surface area contributed by atoms with Gasteiger partial charge in [-0.3, -0.25) is 4.98 Å². The van der Waals surface area contributed by atoms with E-state index in [0.717, 1.165) is 34.6 Å². The second kappa shape index (κ2) is 12.0. The van der Waals surface area contributed by atoms with Crippen molar-refractivity contribution in [2.24, 2.45) is 5.10 Å². The molecular formula is C28H27ClFN7O. The molecule has 2 aromatic heterocycles. The van der Waals surface area contributed by atoms with E-state index in [1.807, 2.05) is 48.2 Å². The molecule has 38 heavy (non-hydrogen) atoms. The van der Waals surface area contributed by atoms with Gasteiger partial charge in [0.15, 0.2) is 11.6 Å². The maximum absolute atomic E-state index is 14.2. The fourth-order valence-corrected chi connectivity index (χ4v) is 4.46. The van der Waals surface area contributed by atoms with E-state index >= 15 is 0 Å². The molecule has 1 aliphatic rings. The molecule has 0 amide bonds. The van der Waals surface area contributed by atoms with E-state index in [4.69, 9.17) is 16.3 Å². The van der Waals surface area contributed by atoms with Gasteiger partial charge in [0.05, 0.1) is 43.2 Å². The number of aryl methyl sites for hydroxylation is 1. The van der Waals surface area contributed by atoms with Crippen LogP contribution in [-0.2, 0) is 11.2 Å². The van der Waals surface area contributed by atoms with Crippen LogP contribution in [0.1, 0.15) is 22.4 Å². The summed E-state index contributed by atoms with van der Waals surface area (Å²) in [4.78, 5) is 14.4. The van der Waals surface area contributed by atoms with Crippen molar-refractivity contribution >= 4 is 41.0 Å². The molecule has 0 atom stereocenters. The SMILES string of the molecule is Cc1cc(Cl)cc(Cc2ccc(Nc3ccc(/C=N/Nc4ncc(F)c(N5CCOCC5)n4)nc3)cc2)c1. The van der Waals surface area contributed by atoms with Crippen LogP contribution < -0.4 is 15.6 Å². The number of nitrogens with zero attached hydrogens (tertiary/aromatic N) is 5. The highest BCUT2D eigenvalue weighted by Gasteiger charge is 2.17. The van der Waals surface area contributed by atoms with Crippen LogP contribution >= 0.6 is 11.6 Å². The Labute approximate surface area is 225 Å². The lowest BCUT2D eigenvalue weighted by atomic mass is 10.0. The molecule has 0 aliphatic carbocycles. The number of nitrogens with one attached hydrogen (secondary N) is 2. The fourth-order valence-electron chi connectivity index (χ4n) is 4.14. The Kier molecular flexibility index (Phi) is 8.06. The van der Waals surface area contributed by atoms with Crippen molar-refractivity contribution in [3.8, 4) is 0 Å². The van der Waals surface area contributed by atoms with E-state index in [1.54, 1.807) is 12.4 Å². The van der Waals surface area contributed by atoms with Crippen LogP contribution in [0.5, 0.6) is 0 Å². The minimum absolute atomic E-state index is 0.205. The molecule has 1 aliphatic heterocycles. The van der Waals surface area contributed by atoms with Gasteiger partial charge in [0.2, 0.25) is 5.95 Å². The van der Waals surface area contributed by atoms with Crippen LogP contribution in [0.25, 0.3) is 0 Å². The number of morpholine rings is 1. The summed E-state index contributed by atoms with van der Waals surface area (Å²) >= 11 is 6.19. The number of pyridine rings is 1. The lowest BCUT2D eigenvalue weighted by molar-refractivity contribution is 0.122. The largest absolute Gasteiger partial charge is 0.378 e. The van der Waals surface area contributed by atoms with Gasteiger partial charge in [-0.25, -0.2) is 14.8 Å². The molecular weight excluding hydrogens is 505 g/mol. The number of anilines is 4. The van der Waals surface area contributed by atoms with Crippen molar-refractivity contribution in [3.05, 3.63) is 100 Å². The number of hydrazone groups is 1. The van der Waals surface area contributed by atoms with E-state index in [-0.39, 0.29) is 11.8 Å². The van der Waals surface area contributed by atoms with Crippen LogP contribution in [0.4, 0.5) is 27.5 Å². The normalized spacial score (nSPS) is 13.6. The molecule has 0 bridgehead atoms. The van der Waals surface area contributed by atoms with Crippen molar-refractivity contribution in [1.82, 2.24) is 15.0 Å². The first-order chi connectivity index (χ1) is 18.5. The summed E-state index contributed by atoms with van der Waals surface area (Å²) in [6.07, 6.45) is 5.24. The topological polar surface area (TPSA) is 87.6 Å². The first-order valence-corrected chi connectivity index (χ1v) is 12.6. The Hall–Kier alpha value is -4.08. The van der Waals surface area contributed by atoms with Crippen molar-refractivity contribution < 1.29 is 9.13 Å². The third-order valence-corrected chi connectivity index (χ3v) is 6.15. The molecule has 8 nitrogen and oxygen atoms in total. The summed E-state index contributed by atoms with van der Waals surface area (Å²) in [6, 6.07) is 18.2. The number of rotatable bonds is 8. The quantitative estimate of drug-likeness (QED) is 0.226. The molecule has 0 spiro atoms. The van der Waals surface area contributed by atoms with Gasteiger partial charge in [0.25, 0.3) is 0 Å². The standard InChI is InChI=1S/C28H27ClFN7O/c1-19-12-21(15-22(29)13-19)14-20-2-4-23(5-3-20)34-25-7-6-24(31-16-25)17-33-36-28-32-18-26(30)27(35-28)37-8-10-38-11-9-37/h2-7,12-13,15-18,34H,8-11,14H2,1H3,(H,32,35,36)/b33-17+. The number of hydrogen-bond acceptors (Lipinski definition) is 8. The summed E-state index contributed by atoms with van der Waals surface area (Å²) in [6.45, 7) is 4.28. The third-order valence-electron chi connectivity index (χ3n) is 5.94. The molecule has 4 aromatic rings. The minimum Gasteiger partial charge on any atom is -0.378 e. The van der Waals surface area contributed by atoms with Crippen molar-refractivity contribution in [3.63, 3.8) is 0 Å². The monoisotopic (exact) mass is 531 g/mol. The molecule has 0 unspecified atom stereocenters. The van der Waals surface area contributed by atoms with Gasteiger partial charge in [-0.15, -0.1) is 0 Å². The summed E-state index contributed by atoms with van der Waals surface area (Å²) in [5.41, 5.74) is 8.75. The lowest BCUT2D eigenvalue weighted by Gasteiger charge is -2.27. The minimum atomic E-state index is -0.475. The average Bonchev–Trinajstić information content (AvgIpc) is 2.92. The average molecular weight is 532 g/mol. The Morgan fingerprint density at radius 2 is 1.79 bits per heavy atom. The number of benzene rings is 2. The molecule has 3 heterocycles. The first-order valence-electron chi connectivity index (χ1n) is 12.2. The lowest BCUT2D eigenvalue weighted by Crippen LogP contribution is -2.37. The Morgan fingerprint density at radius 1 is 1.00 bits per heavy atom. The zero-order valence-corrected chi connectivity index (χ0v) is 21.6. The van der Waals surface area contributed by atoms with Crippen molar-refractivity contribution in [2.75, 3.05) is 41.9 Å². The van der Waals surface area contributed by atoms with Gasteiger partial charge in [0.1, 0.15) is 0 Å². The van der Waals surface area contributed by atoms with E-state index in [0.29, 0.717) is 32.0 Å². The van der Waals surface area contributed by atoms with Crippen LogP contribution in [0.3, 0.4) is 0 Å². The Balaban J connectivity index is 1.15. The van der Waals surface area contributed by atoms with Gasteiger partial charge in [-0.2, -0.15) is 10.1 Å². The molecule has 0 radical (unpaired) electrons. The molecule has 2 aromatic carbocycles. The summed E-state index contributed by atoms with van der Waals surface area (Å²) in [5.74, 6) is -0.0319. The van der Waals surface area contributed by atoms with Gasteiger partial charge in [-0.1, -0.05) is 29.8 Å². The number of ether oxygens (including phenoxy) is 1. The molecule has 10 heteroatoms. The number of halogens is 2. The zero-order valence-electron chi connectivity index (χ0n) is 20.9. The third kappa shape index (κ3) is 6.81. The molecule has 1 fully saturated rings. The Morgan fingerprint density at radius 3 is 2.53 bits per heavy atom. The van der Waals surface area contributed by atoms with Crippen molar-refractivity contribution in [2.45, 2.75) is 13.3 Å². The smallest absolute Gasteiger partial charge is 0.245 e. The maximum Gasteiger partial charge on any atom is 0.245 e. The number of hydrogen-bond donors (Lipinski definition) is 2. The fraction of sp³-hybridized carbons (Fsp3) is 0.214. The predicted octanol–water partition coefficient (Wildman–Crippen LogP) is 5.59. The Bertz CT molecular complexity index is 1390. The van der Waals surface area contributed by atoms with E-state index in [1.165, 1.54) is 11.1 Å². The maximum atomic E-state index is 14.2.